The highest BCUT2D eigenvalue weighted by molar-refractivity contribution is 6.17. The summed E-state index contributed by atoms with van der Waals surface area (Å²) >= 11 is 0. The minimum Gasteiger partial charge on any atom is -0.506 e. The molecule has 0 saturated carbocycles. The number of carbonyl (C=O) groups is 1. The van der Waals surface area contributed by atoms with Crippen LogP contribution < -0.4 is 5.63 Å². The number of phenols is 1. The maximum atomic E-state index is 11.9. The van der Waals surface area contributed by atoms with Crippen LogP contribution in [0.15, 0.2) is 45.6 Å². The number of hydrogen-bond acceptors (Lipinski definition) is 5. The number of benzene rings is 2. The molecule has 0 fully saturated rings. The molecule has 0 unspecified atom stereocenters. The molecule has 0 amide bonds. The molecule has 0 atom stereocenters. The Bertz CT molecular complexity index is 892. The lowest BCUT2D eigenvalue weighted by Gasteiger charge is -2.10. The summed E-state index contributed by atoms with van der Waals surface area (Å²) in [7, 11) is 1.22. The molecule has 1 aromatic heterocycles. The number of phenolic OH excluding ortho intramolecular Hbond substituents is 1. The first-order chi connectivity index (χ1) is 9.63. The third-order valence-electron chi connectivity index (χ3n) is 3.16. The molecule has 5 nitrogen and oxygen atoms in total. The maximum Gasteiger partial charge on any atom is 0.342 e. The molecule has 0 spiro atoms. The van der Waals surface area contributed by atoms with Crippen molar-refractivity contribution in [3.63, 3.8) is 0 Å². The van der Waals surface area contributed by atoms with Crippen LogP contribution in [0.5, 0.6) is 5.75 Å². The third kappa shape index (κ3) is 1.64. The van der Waals surface area contributed by atoms with E-state index in [2.05, 4.69) is 4.74 Å². The summed E-state index contributed by atoms with van der Waals surface area (Å²) in [5.74, 6) is -0.874. The van der Waals surface area contributed by atoms with Crippen molar-refractivity contribution in [3.05, 3.63) is 52.4 Å². The summed E-state index contributed by atoms with van der Waals surface area (Å²) in [6.07, 6.45) is 0. The zero-order chi connectivity index (χ0) is 14.3. The first-order valence-electron chi connectivity index (χ1n) is 5.89. The largest absolute Gasteiger partial charge is 0.506 e. The van der Waals surface area contributed by atoms with E-state index in [-0.39, 0.29) is 16.9 Å². The lowest BCUT2D eigenvalue weighted by atomic mass is 10.00. The van der Waals surface area contributed by atoms with Crippen molar-refractivity contribution in [1.82, 2.24) is 0 Å². The van der Waals surface area contributed by atoms with Gasteiger partial charge < -0.3 is 14.3 Å². The SMILES string of the molecule is COC(=O)c1c(O)c2ccccc2c2oc(=O)ccc12. The molecule has 2 aromatic carbocycles. The Hall–Kier alpha value is -2.82. The molecule has 0 radical (unpaired) electrons. The van der Waals surface area contributed by atoms with Crippen LogP contribution in [0, 0.1) is 0 Å². The number of rotatable bonds is 1. The number of esters is 1. The maximum absolute atomic E-state index is 11.9. The molecule has 3 aromatic rings. The van der Waals surface area contributed by atoms with E-state index in [0.29, 0.717) is 16.2 Å². The fourth-order valence-corrected chi connectivity index (χ4v) is 2.27. The second kappa shape index (κ2) is 4.38. The van der Waals surface area contributed by atoms with Gasteiger partial charge in [-0.25, -0.2) is 9.59 Å². The molecule has 1 N–H and O–H groups in total. The van der Waals surface area contributed by atoms with Crippen LogP contribution in [0.4, 0.5) is 0 Å². The smallest absolute Gasteiger partial charge is 0.342 e. The van der Waals surface area contributed by atoms with Gasteiger partial charge in [0, 0.05) is 22.2 Å². The summed E-state index contributed by atoms with van der Waals surface area (Å²) < 4.78 is 9.88. The molecule has 20 heavy (non-hydrogen) atoms. The van der Waals surface area contributed by atoms with E-state index in [1.165, 1.54) is 19.2 Å². The second-order valence-corrected chi connectivity index (χ2v) is 4.26. The van der Waals surface area contributed by atoms with E-state index < -0.39 is 11.6 Å². The van der Waals surface area contributed by atoms with Crippen LogP contribution in [-0.2, 0) is 4.74 Å². The summed E-state index contributed by atoms with van der Waals surface area (Å²) in [4.78, 5) is 23.3. The first-order valence-corrected chi connectivity index (χ1v) is 5.89. The predicted octanol–water partition coefficient (Wildman–Crippen LogP) is 2.44. The molecule has 0 aliphatic carbocycles. The van der Waals surface area contributed by atoms with Gasteiger partial charge in [0.1, 0.15) is 16.9 Å². The zero-order valence-electron chi connectivity index (χ0n) is 10.5. The van der Waals surface area contributed by atoms with Gasteiger partial charge in [-0.1, -0.05) is 24.3 Å². The average Bonchev–Trinajstić information content (AvgIpc) is 2.48. The predicted molar refractivity (Wildman–Crippen MR) is 73.0 cm³/mol. The van der Waals surface area contributed by atoms with E-state index in [9.17, 15) is 14.7 Å². The minimum absolute atomic E-state index is 0.00931. The number of aromatic hydroxyl groups is 1. The molecule has 0 bridgehead atoms. The van der Waals surface area contributed by atoms with E-state index >= 15 is 0 Å². The molecule has 0 saturated heterocycles. The number of ether oxygens (including phenoxy) is 1. The zero-order valence-corrected chi connectivity index (χ0v) is 10.5. The molecule has 100 valence electrons. The Kier molecular flexibility index (Phi) is 2.68. The van der Waals surface area contributed by atoms with Crippen LogP contribution in [0.1, 0.15) is 10.4 Å². The standard InChI is InChI=1S/C15H10O5/c1-19-15(18)12-10-6-7-11(16)20-14(10)9-5-3-2-4-8(9)13(12)17/h2-7,17H,1H3. The van der Waals surface area contributed by atoms with E-state index in [4.69, 9.17) is 4.42 Å². The molecular weight excluding hydrogens is 260 g/mol. The average molecular weight is 270 g/mol. The van der Waals surface area contributed by atoms with Gasteiger partial charge in [0.05, 0.1) is 7.11 Å². The van der Waals surface area contributed by atoms with Gasteiger partial charge >= 0.3 is 11.6 Å². The number of methoxy groups -OCH3 is 1. The Labute approximate surface area is 113 Å². The van der Waals surface area contributed by atoms with Crippen molar-refractivity contribution in [2.75, 3.05) is 7.11 Å². The van der Waals surface area contributed by atoms with Crippen molar-refractivity contribution in [2.45, 2.75) is 0 Å². The Morgan fingerprint density at radius 2 is 1.80 bits per heavy atom. The van der Waals surface area contributed by atoms with Crippen LogP contribution in [0.2, 0.25) is 0 Å². The van der Waals surface area contributed by atoms with Crippen LogP contribution >= 0.6 is 0 Å². The third-order valence-corrected chi connectivity index (χ3v) is 3.16. The van der Waals surface area contributed by atoms with Crippen molar-refractivity contribution < 1.29 is 19.1 Å². The molecule has 0 aliphatic rings. The van der Waals surface area contributed by atoms with Crippen molar-refractivity contribution in [3.8, 4) is 5.75 Å². The lowest BCUT2D eigenvalue weighted by Crippen LogP contribution is -2.05. The first kappa shape index (κ1) is 12.2. The fraction of sp³-hybridized carbons (Fsp3) is 0.0667. The van der Waals surface area contributed by atoms with Crippen LogP contribution in [-0.4, -0.2) is 18.2 Å². The van der Waals surface area contributed by atoms with Gasteiger partial charge in [-0.2, -0.15) is 0 Å². The summed E-state index contributed by atoms with van der Waals surface area (Å²) in [6.45, 7) is 0. The summed E-state index contributed by atoms with van der Waals surface area (Å²) in [6, 6.07) is 9.47. The lowest BCUT2D eigenvalue weighted by molar-refractivity contribution is 0.0600. The highest BCUT2D eigenvalue weighted by Gasteiger charge is 2.21. The van der Waals surface area contributed by atoms with Gasteiger partial charge in [-0.05, 0) is 6.07 Å². The van der Waals surface area contributed by atoms with Crippen molar-refractivity contribution in [1.29, 1.82) is 0 Å². The molecule has 3 rings (SSSR count). The summed E-state index contributed by atoms with van der Waals surface area (Å²) in [5.41, 5.74) is -0.277. The topological polar surface area (TPSA) is 76.7 Å². The number of carbonyl (C=O) groups excluding carboxylic acids is 1. The van der Waals surface area contributed by atoms with E-state index in [1.807, 2.05) is 0 Å². The quantitative estimate of drug-likeness (QED) is 0.417. The Morgan fingerprint density at radius 1 is 1.10 bits per heavy atom. The molecular formula is C15H10O5. The van der Waals surface area contributed by atoms with E-state index in [0.717, 1.165) is 0 Å². The second-order valence-electron chi connectivity index (χ2n) is 4.26. The van der Waals surface area contributed by atoms with Gasteiger partial charge in [-0.3, -0.25) is 0 Å². The van der Waals surface area contributed by atoms with Crippen LogP contribution in [0.25, 0.3) is 21.7 Å². The fourth-order valence-electron chi connectivity index (χ4n) is 2.27. The van der Waals surface area contributed by atoms with Gasteiger partial charge in [0.25, 0.3) is 0 Å². The Balaban J connectivity index is 2.63. The summed E-state index contributed by atoms with van der Waals surface area (Å²) in [5, 5.41) is 11.6. The van der Waals surface area contributed by atoms with Gasteiger partial charge in [-0.15, -0.1) is 0 Å². The molecule has 0 aliphatic heterocycles. The monoisotopic (exact) mass is 270 g/mol. The molecule has 1 heterocycles. The minimum atomic E-state index is -0.688. The van der Waals surface area contributed by atoms with Crippen molar-refractivity contribution in [2.24, 2.45) is 0 Å². The molecule has 5 heteroatoms. The highest BCUT2D eigenvalue weighted by Crippen LogP contribution is 2.36. The number of hydrogen-bond donors (Lipinski definition) is 1. The Morgan fingerprint density at radius 3 is 2.50 bits per heavy atom. The van der Waals surface area contributed by atoms with E-state index in [1.54, 1.807) is 24.3 Å². The normalized spacial score (nSPS) is 10.8. The van der Waals surface area contributed by atoms with Crippen LogP contribution in [0.3, 0.4) is 0 Å². The van der Waals surface area contributed by atoms with Crippen molar-refractivity contribution >= 4 is 27.7 Å². The number of fused-ring (bicyclic) bond motifs is 3. The highest BCUT2D eigenvalue weighted by atomic mass is 16.5. The van der Waals surface area contributed by atoms with Gasteiger partial charge in [0.2, 0.25) is 0 Å². The van der Waals surface area contributed by atoms with Gasteiger partial charge in [0.15, 0.2) is 0 Å².